The Kier molecular flexibility index (Phi) is 4.42. The van der Waals surface area contributed by atoms with Crippen molar-refractivity contribution in [3.8, 4) is 0 Å². The average Bonchev–Trinajstić information content (AvgIpc) is 2.85. The molecule has 98 valence electrons. The fourth-order valence-corrected chi connectivity index (χ4v) is 2.58. The molecule has 2 aromatic rings. The van der Waals surface area contributed by atoms with Crippen LogP contribution in [-0.4, -0.2) is 37.9 Å². The largest absolute Gasteiger partial charge is 0.481 e. The van der Waals surface area contributed by atoms with Crippen LogP contribution in [0.2, 0.25) is 0 Å². The lowest BCUT2D eigenvalue weighted by Crippen LogP contribution is -2.11. The van der Waals surface area contributed by atoms with Crippen molar-refractivity contribution in [2.45, 2.75) is 4.34 Å². The molecule has 0 saturated heterocycles. The summed E-state index contributed by atoms with van der Waals surface area (Å²) < 4.78 is 0.493. The molecular formula is C10H8N4O3S2. The van der Waals surface area contributed by atoms with E-state index < -0.39 is 5.97 Å². The summed E-state index contributed by atoms with van der Waals surface area (Å²) >= 11 is 2.18. The lowest BCUT2D eigenvalue weighted by atomic mass is 10.2. The second-order valence-corrected chi connectivity index (χ2v) is 5.45. The number of thioether (sulfide) groups is 1. The molecule has 0 aliphatic carbocycles. The number of aliphatic carboxylic acids is 1. The van der Waals surface area contributed by atoms with Gasteiger partial charge in [0.2, 0.25) is 5.13 Å². The van der Waals surface area contributed by atoms with Gasteiger partial charge in [0, 0.05) is 18.0 Å². The molecule has 19 heavy (non-hydrogen) atoms. The molecular weight excluding hydrogens is 288 g/mol. The zero-order valence-corrected chi connectivity index (χ0v) is 11.1. The minimum absolute atomic E-state index is 0.0903. The van der Waals surface area contributed by atoms with Gasteiger partial charge in [0.25, 0.3) is 5.91 Å². The molecule has 0 atom stereocenters. The fourth-order valence-electron chi connectivity index (χ4n) is 1.11. The Labute approximate surface area is 116 Å². The number of anilines is 1. The highest BCUT2D eigenvalue weighted by Gasteiger charge is 2.11. The number of carboxylic acid groups (broad SMARTS) is 1. The highest BCUT2D eigenvalue weighted by Crippen LogP contribution is 2.25. The number of hydrogen-bond acceptors (Lipinski definition) is 7. The molecule has 0 bridgehead atoms. The second kappa shape index (κ2) is 6.25. The van der Waals surface area contributed by atoms with Crippen molar-refractivity contribution < 1.29 is 14.7 Å². The van der Waals surface area contributed by atoms with E-state index in [2.05, 4.69) is 20.5 Å². The van der Waals surface area contributed by atoms with E-state index in [0.29, 0.717) is 15.0 Å². The van der Waals surface area contributed by atoms with Crippen molar-refractivity contribution >= 4 is 40.1 Å². The molecule has 0 spiro atoms. The molecule has 2 aromatic heterocycles. The predicted molar refractivity (Wildman–Crippen MR) is 70.5 cm³/mol. The maximum atomic E-state index is 11.8. The van der Waals surface area contributed by atoms with Gasteiger partial charge in [-0.3, -0.25) is 19.9 Å². The molecule has 0 unspecified atom stereocenters. The number of carbonyl (C=O) groups excluding carboxylic acids is 1. The summed E-state index contributed by atoms with van der Waals surface area (Å²) in [7, 11) is 0. The van der Waals surface area contributed by atoms with E-state index in [1.54, 1.807) is 12.1 Å². The Hall–Kier alpha value is -2.00. The number of rotatable bonds is 5. The van der Waals surface area contributed by atoms with Gasteiger partial charge in [-0.2, -0.15) is 0 Å². The van der Waals surface area contributed by atoms with Gasteiger partial charge in [0.15, 0.2) is 4.34 Å². The lowest BCUT2D eigenvalue weighted by molar-refractivity contribution is -0.133. The van der Waals surface area contributed by atoms with E-state index in [-0.39, 0.29) is 11.7 Å². The topological polar surface area (TPSA) is 105 Å². The van der Waals surface area contributed by atoms with Crippen LogP contribution < -0.4 is 5.32 Å². The number of carboxylic acids is 1. The lowest BCUT2D eigenvalue weighted by Gasteiger charge is -1.99. The smallest absolute Gasteiger partial charge is 0.313 e. The predicted octanol–water partition coefficient (Wildman–Crippen LogP) is 1.36. The number of aromatic nitrogens is 3. The molecule has 7 nitrogen and oxygen atoms in total. The molecule has 2 rings (SSSR count). The molecule has 9 heteroatoms. The normalized spacial score (nSPS) is 10.1. The number of nitrogens with one attached hydrogen (secondary N) is 1. The van der Waals surface area contributed by atoms with E-state index in [0.717, 1.165) is 23.1 Å². The summed E-state index contributed by atoms with van der Waals surface area (Å²) in [5.41, 5.74) is 0.463. The van der Waals surface area contributed by atoms with Crippen LogP contribution in [0.15, 0.2) is 28.9 Å². The van der Waals surface area contributed by atoms with E-state index in [9.17, 15) is 9.59 Å². The summed E-state index contributed by atoms with van der Waals surface area (Å²) in [4.78, 5) is 26.0. The molecule has 0 radical (unpaired) electrons. The molecule has 0 saturated carbocycles. The summed E-state index contributed by atoms with van der Waals surface area (Å²) in [6, 6.07) is 3.16. The van der Waals surface area contributed by atoms with Gasteiger partial charge in [-0.05, 0) is 12.1 Å². The third-order valence-electron chi connectivity index (χ3n) is 1.89. The van der Waals surface area contributed by atoms with Crippen LogP contribution in [0, 0.1) is 0 Å². The molecule has 0 aliphatic rings. The summed E-state index contributed by atoms with van der Waals surface area (Å²) in [5.74, 6) is -1.33. The average molecular weight is 296 g/mol. The molecule has 0 aliphatic heterocycles. The zero-order chi connectivity index (χ0) is 13.7. The minimum atomic E-state index is -0.928. The van der Waals surface area contributed by atoms with Crippen molar-refractivity contribution in [1.82, 2.24) is 15.2 Å². The summed E-state index contributed by atoms with van der Waals surface area (Å²) in [6.45, 7) is 0. The maximum absolute atomic E-state index is 11.8. The summed E-state index contributed by atoms with van der Waals surface area (Å²) in [6.07, 6.45) is 3.03. The highest BCUT2D eigenvalue weighted by atomic mass is 32.2. The van der Waals surface area contributed by atoms with Crippen molar-refractivity contribution in [3.05, 3.63) is 30.1 Å². The third kappa shape index (κ3) is 4.00. The first kappa shape index (κ1) is 13.4. The number of pyridine rings is 1. The quantitative estimate of drug-likeness (QED) is 0.634. The van der Waals surface area contributed by atoms with Crippen LogP contribution in [0.1, 0.15) is 10.4 Å². The monoisotopic (exact) mass is 296 g/mol. The molecule has 1 amide bonds. The number of hydrogen-bond donors (Lipinski definition) is 2. The Bertz CT molecular complexity index is 587. The van der Waals surface area contributed by atoms with Crippen molar-refractivity contribution in [1.29, 1.82) is 0 Å². The molecule has 2 heterocycles. The Morgan fingerprint density at radius 1 is 1.32 bits per heavy atom. The van der Waals surface area contributed by atoms with Crippen LogP contribution in [0.25, 0.3) is 0 Å². The van der Waals surface area contributed by atoms with Crippen molar-refractivity contribution in [2.24, 2.45) is 0 Å². The van der Waals surface area contributed by atoms with Crippen molar-refractivity contribution in [3.63, 3.8) is 0 Å². The first-order chi connectivity index (χ1) is 9.15. The molecule has 2 N–H and O–H groups in total. The molecule has 0 fully saturated rings. The minimum Gasteiger partial charge on any atom is -0.481 e. The van der Waals surface area contributed by atoms with Gasteiger partial charge >= 0.3 is 5.97 Å². The number of nitrogens with zero attached hydrogens (tertiary/aromatic N) is 3. The first-order valence-corrected chi connectivity index (χ1v) is 6.85. The van der Waals surface area contributed by atoms with Gasteiger partial charge in [-0.1, -0.05) is 23.1 Å². The highest BCUT2D eigenvalue weighted by molar-refractivity contribution is 8.01. The Balaban J connectivity index is 1.96. The number of amides is 1. The van der Waals surface area contributed by atoms with E-state index in [4.69, 9.17) is 5.11 Å². The van der Waals surface area contributed by atoms with E-state index >= 15 is 0 Å². The zero-order valence-electron chi connectivity index (χ0n) is 9.44. The van der Waals surface area contributed by atoms with Gasteiger partial charge in [0.1, 0.15) is 0 Å². The van der Waals surface area contributed by atoms with E-state index in [1.165, 1.54) is 12.4 Å². The Morgan fingerprint density at radius 3 is 2.74 bits per heavy atom. The maximum Gasteiger partial charge on any atom is 0.313 e. The summed E-state index contributed by atoms with van der Waals surface area (Å²) in [5, 5.41) is 19.0. The van der Waals surface area contributed by atoms with Gasteiger partial charge in [-0.15, -0.1) is 10.2 Å². The molecule has 0 aromatic carbocycles. The SMILES string of the molecule is O=C(O)CSc1nnc(NC(=O)c2ccncc2)s1. The van der Waals surface area contributed by atoms with Crippen molar-refractivity contribution in [2.75, 3.05) is 11.1 Å². The third-order valence-corrected chi connectivity index (χ3v) is 3.85. The van der Waals surface area contributed by atoms with Gasteiger partial charge in [0.05, 0.1) is 5.75 Å². The number of carbonyl (C=O) groups is 2. The van der Waals surface area contributed by atoms with Crippen LogP contribution in [-0.2, 0) is 4.79 Å². The van der Waals surface area contributed by atoms with Crippen LogP contribution >= 0.6 is 23.1 Å². The standard InChI is InChI=1S/C10H8N4O3S2/c15-7(16)5-18-10-14-13-9(19-10)12-8(17)6-1-3-11-4-2-6/h1-4H,5H2,(H,15,16)(H,12,13,17). The first-order valence-electron chi connectivity index (χ1n) is 5.04. The van der Waals surface area contributed by atoms with Gasteiger partial charge < -0.3 is 5.11 Å². The van der Waals surface area contributed by atoms with Crippen LogP contribution in [0.3, 0.4) is 0 Å². The second-order valence-electron chi connectivity index (χ2n) is 3.25. The Morgan fingerprint density at radius 2 is 2.05 bits per heavy atom. The van der Waals surface area contributed by atoms with Crippen LogP contribution in [0.4, 0.5) is 5.13 Å². The fraction of sp³-hybridized carbons (Fsp3) is 0.100. The van der Waals surface area contributed by atoms with Gasteiger partial charge in [-0.25, -0.2) is 0 Å². The van der Waals surface area contributed by atoms with E-state index in [1.807, 2.05) is 0 Å². The van der Waals surface area contributed by atoms with Crippen LogP contribution in [0.5, 0.6) is 0 Å².